The molecule has 0 saturated heterocycles. The van der Waals surface area contributed by atoms with E-state index in [9.17, 15) is 0 Å². The molecule has 10 aromatic rings. The van der Waals surface area contributed by atoms with Crippen LogP contribution >= 0.6 is 0 Å². The van der Waals surface area contributed by atoms with Gasteiger partial charge in [0, 0.05) is 16.2 Å². The molecule has 1 aromatic heterocycles. The number of furan rings is 1. The average molecular weight is 628 g/mol. The molecule has 1 nitrogen and oxygen atoms in total. The summed E-state index contributed by atoms with van der Waals surface area (Å²) in [5, 5.41) is 8.63. The molecule has 0 amide bonds. The second-order valence-corrected chi connectivity index (χ2v) is 12.4. The van der Waals surface area contributed by atoms with Gasteiger partial charge in [-0.05, 0) is 95.7 Å². The van der Waals surface area contributed by atoms with Gasteiger partial charge in [-0.2, -0.15) is 0 Å². The summed E-state index contributed by atoms with van der Waals surface area (Å²) in [5.74, 6) is 0. The van der Waals surface area contributed by atoms with Gasteiger partial charge < -0.3 is 4.42 Å². The molecule has 9 aromatic carbocycles. The van der Waals surface area contributed by atoms with Crippen molar-refractivity contribution in [2.24, 2.45) is 0 Å². The van der Waals surface area contributed by atoms with Crippen molar-refractivity contribution in [1.82, 2.24) is 0 Å². The monoisotopic (exact) mass is 627 g/mol. The molecule has 0 spiro atoms. The first kappa shape index (κ1) is 23.0. The highest BCUT2D eigenvalue weighted by Gasteiger charge is 2.19. The predicted octanol–water partition coefficient (Wildman–Crippen LogP) is 13.7. The molecule has 0 unspecified atom stereocenters. The van der Waals surface area contributed by atoms with E-state index in [1.54, 1.807) is 0 Å². The van der Waals surface area contributed by atoms with E-state index in [-0.39, 0.29) is 29.7 Å². The lowest BCUT2D eigenvalue weighted by Gasteiger charge is -2.18. The van der Waals surface area contributed by atoms with Gasteiger partial charge in [-0.1, -0.05) is 158 Å². The number of hydrogen-bond donors (Lipinski definition) is 0. The largest absolute Gasteiger partial charge is 0.455 e. The van der Waals surface area contributed by atoms with Crippen molar-refractivity contribution in [1.29, 1.82) is 0 Å². The van der Waals surface area contributed by atoms with Crippen LogP contribution in [0.4, 0.5) is 0 Å². The van der Waals surface area contributed by atoms with E-state index < -0.39 is 6.04 Å². The molecule has 228 valence electrons. The zero-order valence-corrected chi connectivity index (χ0v) is 26.3. The van der Waals surface area contributed by atoms with Crippen LogP contribution < -0.4 is 0 Å². The van der Waals surface area contributed by atoms with Crippen molar-refractivity contribution in [3.05, 3.63) is 182 Å². The lowest BCUT2D eigenvalue weighted by molar-refractivity contribution is 0.673. The van der Waals surface area contributed by atoms with Gasteiger partial charge in [-0.25, -0.2) is 0 Å². The van der Waals surface area contributed by atoms with Crippen LogP contribution in [0.5, 0.6) is 0 Å². The fraction of sp³-hybridized carbons (Fsp3) is 0. The van der Waals surface area contributed by atoms with Crippen molar-refractivity contribution < 1.29 is 11.3 Å². The molecule has 0 aliphatic carbocycles. The Kier molecular flexibility index (Phi) is 5.20. The SMILES string of the molecule is [2H]c1c([2H])c([2H])c(-c2cccc(-c3c4ccccc4c(-c4ccc5oc6c7ccccc7c(-c7ccccc7)cc6c5c4)c4ccccc34)c2)c([2H])c1[2H]. The number of benzene rings is 9. The lowest BCUT2D eigenvalue weighted by Crippen LogP contribution is -1.91. The first-order valence-corrected chi connectivity index (χ1v) is 16.4. The van der Waals surface area contributed by atoms with Gasteiger partial charge in [0.25, 0.3) is 0 Å². The molecule has 0 radical (unpaired) electrons. The van der Waals surface area contributed by atoms with Crippen LogP contribution in [0.3, 0.4) is 0 Å². The summed E-state index contributed by atoms with van der Waals surface area (Å²) < 4.78 is 48.6. The molecule has 0 atom stereocenters. The topological polar surface area (TPSA) is 13.1 Å². The molecule has 1 heterocycles. The molecule has 0 aliphatic rings. The van der Waals surface area contributed by atoms with E-state index >= 15 is 0 Å². The minimum absolute atomic E-state index is 0.192. The highest BCUT2D eigenvalue weighted by Crippen LogP contribution is 2.46. The quantitative estimate of drug-likeness (QED) is 0.177. The standard InChI is InChI=1S/C48H30O/c1-3-14-31(15-4-1)33-18-13-19-34(28-33)46-37-21-8-10-23-39(37)47(40-24-11-9-22-38(40)46)35-26-27-45-43(29-35)44-30-42(32-16-5-2-6-17-32)36-20-7-12-25-41(36)48(44)49-45/h1-30H/i1D,3D,4D,14D,15D. The van der Waals surface area contributed by atoms with Crippen molar-refractivity contribution in [3.63, 3.8) is 0 Å². The number of rotatable bonds is 4. The van der Waals surface area contributed by atoms with Crippen LogP contribution in [0.2, 0.25) is 0 Å². The Morgan fingerprint density at radius 1 is 0.347 bits per heavy atom. The van der Waals surface area contributed by atoms with Crippen molar-refractivity contribution in [3.8, 4) is 44.5 Å². The molecule has 0 N–H and O–H groups in total. The van der Waals surface area contributed by atoms with E-state index in [0.717, 1.165) is 87.6 Å². The van der Waals surface area contributed by atoms with Gasteiger partial charge in [-0.15, -0.1) is 0 Å². The Bertz CT molecular complexity index is 3080. The van der Waals surface area contributed by atoms with Gasteiger partial charge in [0.2, 0.25) is 0 Å². The highest BCUT2D eigenvalue weighted by atomic mass is 16.3. The minimum atomic E-state index is -0.399. The van der Waals surface area contributed by atoms with E-state index in [0.29, 0.717) is 5.56 Å². The van der Waals surface area contributed by atoms with Crippen LogP contribution in [0.25, 0.3) is 98.8 Å². The van der Waals surface area contributed by atoms with Crippen LogP contribution in [0.15, 0.2) is 186 Å². The fourth-order valence-electron chi connectivity index (χ4n) is 7.59. The highest BCUT2D eigenvalue weighted by molar-refractivity contribution is 6.23. The maximum Gasteiger partial charge on any atom is 0.143 e. The molecule has 0 aliphatic heterocycles. The van der Waals surface area contributed by atoms with E-state index in [1.165, 1.54) is 0 Å². The molecule has 49 heavy (non-hydrogen) atoms. The third-order valence-electron chi connectivity index (χ3n) is 9.72. The van der Waals surface area contributed by atoms with E-state index in [4.69, 9.17) is 11.3 Å². The molecule has 10 rings (SSSR count). The van der Waals surface area contributed by atoms with Crippen LogP contribution in [-0.2, 0) is 0 Å². The Morgan fingerprint density at radius 2 is 0.898 bits per heavy atom. The minimum Gasteiger partial charge on any atom is -0.455 e. The summed E-state index contributed by atoms with van der Waals surface area (Å²) in [6.45, 7) is 0. The Morgan fingerprint density at radius 3 is 1.57 bits per heavy atom. The molecule has 0 fully saturated rings. The van der Waals surface area contributed by atoms with Gasteiger partial charge in [-0.3, -0.25) is 0 Å². The first-order valence-electron chi connectivity index (χ1n) is 18.9. The maximum atomic E-state index is 8.65. The smallest absolute Gasteiger partial charge is 0.143 e. The Balaban J connectivity index is 1.23. The van der Waals surface area contributed by atoms with Gasteiger partial charge >= 0.3 is 0 Å². The lowest BCUT2D eigenvalue weighted by atomic mass is 9.85. The van der Waals surface area contributed by atoms with Gasteiger partial charge in [0.05, 0.1) is 6.85 Å². The summed E-state index contributed by atoms with van der Waals surface area (Å²) >= 11 is 0. The van der Waals surface area contributed by atoms with Gasteiger partial charge in [0.15, 0.2) is 0 Å². The summed E-state index contributed by atoms with van der Waals surface area (Å²) in [6, 6.07) is 50.7. The molecule has 1 heteroatoms. The first-order chi connectivity index (χ1) is 26.4. The van der Waals surface area contributed by atoms with E-state index in [2.05, 4.69) is 109 Å². The second kappa shape index (κ2) is 11.1. The van der Waals surface area contributed by atoms with Crippen molar-refractivity contribution in [2.75, 3.05) is 0 Å². The average Bonchev–Trinajstić information content (AvgIpc) is 3.59. The summed E-state index contributed by atoms with van der Waals surface area (Å²) in [5.41, 5.74) is 8.90. The predicted molar refractivity (Wildman–Crippen MR) is 208 cm³/mol. The van der Waals surface area contributed by atoms with Crippen LogP contribution in [-0.4, -0.2) is 0 Å². The molecule has 0 saturated carbocycles. The van der Waals surface area contributed by atoms with E-state index in [1.807, 2.05) is 42.5 Å². The normalized spacial score (nSPS) is 13.1. The third kappa shape index (κ3) is 4.40. The molecular formula is C48H30O. The second-order valence-electron chi connectivity index (χ2n) is 12.4. The maximum absolute atomic E-state index is 8.65. The van der Waals surface area contributed by atoms with Crippen LogP contribution in [0.1, 0.15) is 6.85 Å². The molecule has 0 bridgehead atoms. The zero-order chi connectivity index (χ0) is 36.7. The molecular weight excluding hydrogens is 593 g/mol. The van der Waals surface area contributed by atoms with Crippen molar-refractivity contribution in [2.45, 2.75) is 0 Å². The Labute approximate surface area is 291 Å². The summed E-state index contributed by atoms with van der Waals surface area (Å²) in [4.78, 5) is 0. The van der Waals surface area contributed by atoms with Crippen molar-refractivity contribution >= 4 is 54.3 Å². The summed E-state index contributed by atoms with van der Waals surface area (Å²) in [7, 11) is 0. The number of hydrogen-bond acceptors (Lipinski definition) is 1. The zero-order valence-electron chi connectivity index (χ0n) is 31.3. The fourth-order valence-corrected chi connectivity index (χ4v) is 7.59. The van der Waals surface area contributed by atoms with Gasteiger partial charge in [0.1, 0.15) is 11.2 Å². The number of fused-ring (bicyclic) bond motifs is 7. The Hall–Kier alpha value is -6.44. The summed E-state index contributed by atoms with van der Waals surface area (Å²) in [6.07, 6.45) is 0. The van der Waals surface area contributed by atoms with Crippen LogP contribution in [0, 0.1) is 0 Å². The third-order valence-corrected chi connectivity index (χ3v) is 9.72.